The van der Waals surface area contributed by atoms with Crippen LogP contribution >= 0.6 is 27.5 Å². The Kier molecular flexibility index (Phi) is 2.51. The molecule has 54 valence electrons. The van der Waals surface area contributed by atoms with Crippen molar-refractivity contribution in [1.29, 1.82) is 0 Å². The number of pyridine rings is 1. The molecule has 1 rings (SSSR count). The molecule has 2 nitrogen and oxygen atoms in total. The molecule has 0 aromatic carbocycles. The van der Waals surface area contributed by atoms with Gasteiger partial charge in [-0.1, -0.05) is 27.5 Å². The molecule has 0 bridgehead atoms. The van der Waals surface area contributed by atoms with Crippen LogP contribution < -0.4 is 5.73 Å². The van der Waals surface area contributed by atoms with Crippen molar-refractivity contribution in [2.45, 2.75) is 5.33 Å². The minimum atomic E-state index is 0.460. The summed E-state index contributed by atoms with van der Waals surface area (Å²) in [4.78, 5) is 4.00. The van der Waals surface area contributed by atoms with E-state index < -0.39 is 0 Å². The first-order valence-electron chi connectivity index (χ1n) is 2.70. The molecule has 1 heterocycles. The summed E-state index contributed by atoms with van der Waals surface area (Å²) < 4.78 is 0. The Balaban J connectivity index is 3.06. The van der Waals surface area contributed by atoms with Crippen molar-refractivity contribution < 1.29 is 0 Å². The van der Waals surface area contributed by atoms with E-state index in [0.29, 0.717) is 16.2 Å². The summed E-state index contributed by atoms with van der Waals surface area (Å²) in [5.74, 6) is 0.460. The van der Waals surface area contributed by atoms with Crippen molar-refractivity contribution in [3.63, 3.8) is 0 Å². The third-order valence-corrected chi connectivity index (χ3v) is 1.79. The van der Waals surface area contributed by atoms with Crippen LogP contribution in [0.2, 0.25) is 5.02 Å². The fourth-order valence-corrected chi connectivity index (χ4v) is 1.17. The molecular weight excluding hydrogens is 215 g/mol. The van der Waals surface area contributed by atoms with Crippen LogP contribution in [0, 0.1) is 0 Å². The van der Waals surface area contributed by atoms with Gasteiger partial charge in [0.25, 0.3) is 0 Å². The maximum absolute atomic E-state index is 5.69. The number of hydrogen-bond acceptors (Lipinski definition) is 2. The van der Waals surface area contributed by atoms with Gasteiger partial charge in [0.1, 0.15) is 5.82 Å². The van der Waals surface area contributed by atoms with E-state index in [1.165, 1.54) is 0 Å². The van der Waals surface area contributed by atoms with Gasteiger partial charge in [-0.05, 0) is 12.1 Å². The number of hydrogen-bond donors (Lipinski definition) is 1. The Bertz CT molecular complexity index is 219. The third-order valence-electron chi connectivity index (χ3n) is 1.000. The number of nitrogen functional groups attached to an aromatic ring is 1. The predicted molar refractivity (Wildman–Crippen MR) is 46.3 cm³/mol. The lowest BCUT2D eigenvalue weighted by Gasteiger charge is -1.97. The van der Waals surface area contributed by atoms with Crippen LogP contribution in [0.3, 0.4) is 0 Å². The van der Waals surface area contributed by atoms with Crippen molar-refractivity contribution >= 4 is 33.3 Å². The molecule has 0 aliphatic carbocycles. The molecule has 0 atom stereocenters. The van der Waals surface area contributed by atoms with Gasteiger partial charge in [-0.2, -0.15) is 0 Å². The number of anilines is 1. The highest BCUT2D eigenvalue weighted by molar-refractivity contribution is 9.08. The summed E-state index contributed by atoms with van der Waals surface area (Å²) >= 11 is 8.94. The molecule has 0 radical (unpaired) electrons. The zero-order valence-electron chi connectivity index (χ0n) is 5.14. The number of nitrogens with zero attached hydrogens (tertiary/aromatic N) is 1. The summed E-state index contributed by atoms with van der Waals surface area (Å²) in [6.07, 6.45) is 0. The summed E-state index contributed by atoms with van der Waals surface area (Å²) in [6, 6.07) is 3.39. The molecular formula is C6H6BrClN2. The molecule has 4 heteroatoms. The standard InChI is InChI=1S/C6H6BrClN2/c7-3-5-1-4(8)2-6(9)10-5/h1-2H,3H2,(H2,9,10). The minimum absolute atomic E-state index is 0.460. The largest absolute Gasteiger partial charge is 0.384 e. The quantitative estimate of drug-likeness (QED) is 0.739. The zero-order chi connectivity index (χ0) is 7.56. The van der Waals surface area contributed by atoms with Crippen molar-refractivity contribution in [3.05, 3.63) is 22.8 Å². The monoisotopic (exact) mass is 220 g/mol. The van der Waals surface area contributed by atoms with Gasteiger partial charge < -0.3 is 5.73 Å². The number of rotatable bonds is 1. The number of alkyl halides is 1. The van der Waals surface area contributed by atoms with E-state index in [1.54, 1.807) is 12.1 Å². The van der Waals surface area contributed by atoms with E-state index in [2.05, 4.69) is 20.9 Å². The van der Waals surface area contributed by atoms with Crippen LogP contribution in [-0.4, -0.2) is 4.98 Å². The molecule has 0 spiro atoms. The molecule has 0 aliphatic heterocycles. The molecule has 1 aromatic heterocycles. The summed E-state index contributed by atoms with van der Waals surface area (Å²) in [5.41, 5.74) is 6.27. The predicted octanol–water partition coefficient (Wildman–Crippen LogP) is 2.21. The lowest BCUT2D eigenvalue weighted by Crippen LogP contribution is -1.92. The van der Waals surface area contributed by atoms with E-state index in [9.17, 15) is 0 Å². The van der Waals surface area contributed by atoms with Gasteiger partial charge in [-0.3, -0.25) is 0 Å². The second-order valence-electron chi connectivity index (χ2n) is 1.84. The fourth-order valence-electron chi connectivity index (χ4n) is 0.641. The molecule has 0 fully saturated rings. The van der Waals surface area contributed by atoms with Crippen LogP contribution in [0.4, 0.5) is 5.82 Å². The Labute approximate surface area is 72.5 Å². The molecule has 10 heavy (non-hydrogen) atoms. The van der Waals surface area contributed by atoms with Crippen molar-refractivity contribution in [2.75, 3.05) is 5.73 Å². The van der Waals surface area contributed by atoms with Gasteiger partial charge in [0.2, 0.25) is 0 Å². The molecule has 0 saturated heterocycles. The molecule has 0 aliphatic rings. The van der Waals surface area contributed by atoms with Crippen molar-refractivity contribution in [2.24, 2.45) is 0 Å². The van der Waals surface area contributed by atoms with Crippen LogP contribution in [-0.2, 0) is 5.33 Å². The van der Waals surface area contributed by atoms with Crippen LogP contribution in [0.15, 0.2) is 12.1 Å². The van der Waals surface area contributed by atoms with Crippen molar-refractivity contribution in [3.8, 4) is 0 Å². The lowest BCUT2D eigenvalue weighted by molar-refractivity contribution is 1.19. The highest BCUT2D eigenvalue weighted by atomic mass is 79.9. The zero-order valence-corrected chi connectivity index (χ0v) is 7.48. The maximum Gasteiger partial charge on any atom is 0.125 e. The minimum Gasteiger partial charge on any atom is -0.384 e. The summed E-state index contributed by atoms with van der Waals surface area (Å²) in [7, 11) is 0. The van der Waals surface area contributed by atoms with E-state index in [-0.39, 0.29) is 0 Å². The maximum atomic E-state index is 5.69. The first-order chi connectivity index (χ1) is 4.72. The average molecular weight is 221 g/mol. The normalized spacial score (nSPS) is 9.80. The third kappa shape index (κ3) is 1.85. The van der Waals surface area contributed by atoms with Gasteiger partial charge >= 0.3 is 0 Å². The highest BCUT2D eigenvalue weighted by Gasteiger charge is 1.95. The molecule has 1 aromatic rings. The second kappa shape index (κ2) is 3.21. The van der Waals surface area contributed by atoms with Crippen LogP contribution in [0.5, 0.6) is 0 Å². The van der Waals surface area contributed by atoms with Crippen molar-refractivity contribution in [1.82, 2.24) is 4.98 Å². The molecule has 0 amide bonds. The molecule has 0 unspecified atom stereocenters. The summed E-state index contributed by atoms with van der Waals surface area (Å²) in [6.45, 7) is 0. The fraction of sp³-hybridized carbons (Fsp3) is 0.167. The summed E-state index contributed by atoms with van der Waals surface area (Å²) in [5, 5.41) is 1.31. The number of aromatic nitrogens is 1. The number of nitrogens with two attached hydrogens (primary N) is 1. The lowest BCUT2D eigenvalue weighted by atomic mass is 10.4. The number of halogens is 2. The van der Waals surface area contributed by atoms with Crippen LogP contribution in [0.1, 0.15) is 5.69 Å². The van der Waals surface area contributed by atoms with Gasteiger partial charge in [0, 0.05) is 10.4 Å². The van der Waals surface area contributed by atoms with Gasteiger partial charge in [-0.15, -0.1) is 0 Å². The Hall–Kier alpha value is -0.280. The van der Waals surface area contributed by atoms with Gasteiger partial charge in [0.15, 0.2) is 0 Å². The van der Waals surface area contributed by atoms with E-state index >= 15 is 0 Å². The topological polar surface area (TPSA) is 38.9 Å². The van der Waals surface area contributed by atoms with Gasteiger partial charge in [0.05, 0.1) is 5.69 Å². The van der Waals surface area contributed by atoms with E-state index in [4.69, 9.17) is 17.3 Å². The SMILES string of the molecule is Nc1cc(Cl)cc(CBr)n1. The first-order valence-corrected chi connectivity index (χ1v) is 4.20. The van der Waals surface area contributed by atoms with E-state index in [1.807, 2.05) is 0 Å². The highest BCUT2D eigenvalue weighted by Crippen LogP contribution is 2.14. The van der Waals surface area contributed by atoms with Crippen LogP contribution in [0.25, 0.3) is 0 Å². The Morgan fingerprint density at radius 2 is 2.30 bits per heavy atom. The second-order valence-corrected chi connectivity index (χ2v) is 2.83. The average Bonchev–Trinajstić information content (AvgIpc) is 1.85. The van der Waals surface area contributed by atoms with Gasteiger partial charge in [-0.25, -0.2) is 4.98 Å². The van der Waals surface area contributed by atoms with E-state index in [0.717, 1.165) is 5.69 Å². The first kappa shape index (κ1) is 7.82. The molecule has 0 saturated carbocycles. The molecule has 2 N–H and O–H groups in total. The smallest absolute Gasteiger partial charge is 0.125 e. The Morgan fingerprint density at radius 3 is 2.80 bits per heavy atom. The Morgan fingerprint density at radius 1 is 1.60 bits per heavy atom.